The van der Waals surface area contributed by atoms with Gasteiger partial charge in [-0.1, -0.05) is 23.7 Å². The molecule has 32 heavy (non-hydrogen) atoms. The van der Waals surface area contributed by atoms with Crippen LogP contribution in [0.2, 0.25) is 5.02 Å². The first kappa shape index (κ1) is 22.3. The molecule has 2 heterocycles. The molecule has 2 aliphatic heterocycles. The zero-order valence-electron chi connectivity index (χ0n) is 17.1. The van der Waals surface area contributed by atoms with E-state index in [9.17, 15) is 18.0 Å². The lowest BCUT2D eigenvalue weighted by molar-refractivity contribution is -0.136. The Morgan fingerprint density at radius 3 is 2.66 bits per heavy atom. The van der Waals surface area contributed by atoms with Crippen molar-refractivity contribution < 1.29 is 27.5 Å². The third kappa shape index (κ3) is 4.63. The number of hydrogen-bond donors (Lipinski definition) is 2. The number of carbonyl (C=O) groups excluding carboxylic acids is 1. The van der Waals surface area contributed by atoms with Crippen molar-refractivity contribution in [3.63, 3.8) is 0 Å². The van der Waals surface area contributed by atoms with Crippen molar-refractivity contribution in [2.75, 3.05) is 25.5 Å². The van der Waals surface area contributed by atoms with Crippen LogP contribution in [0.5, 0.6) is 5.75 Å². The molecular weight excluding hydrogens is 447 g/mol. The van der Waals surface area contributed by atoms with Gasteiger partial charge < -0.3 is 15.0 Å². The minimum Gasteiger partial charge on any atom is -0.497 e. The Morgan fingerprint density at radius 1 is 1.22 bits per heavy atom. The maximum atomic E-state index is 13.3. The van der Waals surface area contributed by atoms with E-state index >= 15 is 0 Å². The standard InChI is InChI=1S/C22H21ClF3N3O3/c1-31-16-4-2-3-14(11-16)19-13-21(32-28-19)7-9-29(10-8-21)20(30)27-18-6-5-15(23)12-17(18)22(24,25)26/h2-6,11-13,28H,7-10H2,1H3,(H,27,30). The lowest BCUT2D eigenvalue weighted by Gasteiger charge is -2.36. The highest BCUT2D eigenvalue weighted by atomic mass is 35.5. The number of rotatable bonds is 3. The zero-order chi connectivity index (χ0) is 22.9. The molecule has 2 N–H and O–H groups in total. The van der Waals surface area contributed by atoms with Crippen molar-refractivity contribution in [3.05, 3.63) is 64.7 Å². The number of anilines is 1. The molecule has 170 valence electrons. The molecule has 0 bridgehead atoms. The summed E-state index contributed by atoms with van der Waals surface area (Å²) in [4.78, 5) is 19.9. The van der Waals surface area contributed by atoms with Crippen molar-refractivity contribution in [1.29, 1.82) is 0 Å². The summed E-state index contributed by atoms with van der Waals surface area (Å²) in [6.07, 6.45) is -1.66. The minimum atomic E-state index is -4.63. The Morgan fingerprint density at radius 2 is 1.97 bits per heavy atom. The molecule has 1 fully saturated rings. The van der Waals surface area contributed by atoms with Crippen LogP contribution < -0.4 is 15.5 Å². The van der Waals surface area contributed by atoms with Crippen molar-refractivity contribution in [3.8, 4) is 5.75 Å². The van der Waals surface area contributed by atoms with Crippen LogP contribution in [0.15, 0.2) is 48.5 Å². The number of halogens is 4. The van der Waals surface area contributed by atoms with Gasteiger partial charge in [-0.05, 0) is 36.4 Å². The van der Waals surface area contributed by atoms with Crippen molar-refractivity contribution in [2.45, 2.75) is 24.6 Å². The smallest absolute Gasteiger partial charge is 0.418 e. The summed E-state index contributed by atoms with van der Waals surface area (Å²) in [5.74, 6) is 0.720. The van der Waals surface area contributed by atoms with Crippen molar-refractivity contribution >= 4 is 29.0 Å². The van der Waals surface area contributed by atoms with Gasteiger partial charge in [0.05, 0.1) is 24.1 Å². The molecule has 6 nitrogen and oxygen atoms in total. The third-order valence-corrected chi connectivity index (χ3v) is 5.81. The summed E-state index contributed by atoms with van der Waals surface area (Å²) in [6, 6.07) is 10.2. The SMILES string of the molecule is COc1cccc(C2=CC3(CCN(C(=O)Nc4ccc(Cl)cc4C(F)(F)F)CC3)ON2)c1. The van der Waals surface area contributed by atoms with E-state index in [1.165, 1.54) is 11.0 Å². The van der Waals surface area contributed by atoms with Crippen LogP contribution in [0, 0.1) is 0 Å². The number of benzene rings is 2. The van der Waals surface area contributed by atoms with Crippen molar-refractivity contribution in [1.82, 2.24) is 10.4 Å². The van der Waals surface area contributed by atoms with Crippen LogP contribution in [0.1, 0.15) is 24.0 Å². The number of nitrogens with one attached hydrogen (secondary N) is 2. The number of piperidine rings is 1. The topological polar surface area (TPSA) is 62.8 Å². The molecule has 10 heteroatoms. The Bertz CT molecular complexity index is 1050. The molecule has 1 spiro atoms. The highest BCUT2D eigenvalue weighted by Crippen LogP contribution is 2.38. The molecule has 1 saturated heterocycles. The molecule has 0 aromatic heterocycles. The molecule has 2 aliphatic rings. The monoisotopic (exact) mass is 467 g/mol. The Kier molecular flexibility index (Phi) is 5.96. The second-order valence-corrected chi connectivity index (χ2v) is 8.10. The van der Waals surface area contributed by atoms with Crippen LogP contribution in [0.4, 0.5) is 23.7 Å². The van der Waals surface area contributed by atoms with Crippen LogP contribution in [0.25, 0.3) is 5.70 Å². The number of nitrogens with zero attached hydrogens (tertiary/aromatic N) is 1. The molecule has 0 radical (unpaired) electrons. The number of alkyl halides is 3. The summed E-state index contributed by atoms with van der Waals surface area (Å²) < 4.78 is 45.1. The van der Waals surface area contributed by atoms with Crippen LogP contribution in [-0.2, 0) is 11.0 Å². The highest BCUT2D eigenvalue weighted by molar-refractivity contribution is 6.30. The Labute approximate surface area is 187 Å². The average molecular weight is 468 g/mol. The Balaban J connectivity index is 1.42. The summed E-state index contributed by atoms with van der Waals surface area (Å²) in [7, 11) is 1.59. The molecule has 0 atom stereocenters. The second-order valence-electron chi connectivity index (χ2n) is 7.66. The van der Waals surface area contributed by atoms with E-state index in [-0.39, 0.29) is 10.7 Å². The summed E-state index contributed by atoms with van der Waals surface area (Å²) in [5, 5.41) is 2.31. The lowest BCUT2D eigenvalue weighted by atomic mass is 9.90. The van der Waals surface area contributed by atoms with Crippen molar-refractivity contribution in [2.24, 2.45) is 0 Å². The number of amides is 2. The van der Waals surface area contributed by atoms with Gasteiger partial charge in [0.15, 0.2) is 0 Å². The first-order valence-corrected chi connectivity index (χ1v) is 10.3. The predicted octanol–water partition coefficient (Wildman–Crippen LogP) is 5.31. The van der Waals surface area contributed by atoms with Crippen LogP contribution in [-0.4, -0.2) is 36.7 Å². The number of methoxy groups -OCH3 is 1. The molecule has 0 aliphatic carbocycles. The first-order valence-electron chi connectivity index (χ1n) is 9.93. The highest BCUT2D eigenvalue weighted by Gasteiger charge is 2.40. The normalized spacial score (nSPS) is 17.7. The number of ether oxygens (including phenoxy) is 1. The largest absolute Gasteiger partial charge is 0.497 e. The van der Waals surface area contributed by atoms with Gasteiger partial charge >= 0.3 is 12.2 Å². The average Bonchev–Trinajstić information content (AvgIpc) is 3.18. The fourth-order valence-corrected chi connectivity index (χ4v) is 3.97. The number of urea groups is 1. The van der Waals surface area contributed by atoms with Crippen LogP contribution >= 0.6 is 11.6 Å². The number of likely N-dealkylation sites (tertiary alicyclic amines) is 1. The van der Waals surface area contributed by atoms with Gasteiger partial charge in [0.1, 0.15) is 11.4 Å². The van der Waals surface area contributed by atoms with Gasteiger partial charge in [0.25, 0.3) is 0 Å². The van der Waals surface area contributed by atoms with E-state index in [1.807, 2.05) is 30.3 Å². The minimum absolute atomic E-state index is 0.0558. The van der Waals surface area contributed by atoms with Gasteiger partial charge in [-0.15, -0.1) is 0 Å². The number of hydroxylamine groups is 1. The molecule has 4 rings (SSSR count). The van der Waals surface area contributed by atoms with E-state index in [0.717, 1.165) is 29.1 Å². The Hall–Kier alpha value is -2.91. The van der Waals surface area contributed by atoms with Gasteiger partial charge in [0.2, 0.25) is 0 Å². The van der Waals surface area contributed by atoms with Gasteiger partial charge in [0, 0.05) is 36.5 Å². The first-order chi connectivity index (χ1) is 15.2. The summed E-state index contributed by atoms with van der Waals surface area (Å²) in [6.45, 7) is 0.648. The van der Waals surface area contributed by atoms with Gasteiger partial charge in [-0.25, -0.2) is 4.79 Å². The maximum absolute atomic E-state index is 13.3. The molecular formula is C22H21ClF3N3O3. The van der Waals surface area contributed by atoms with Gasteiger partial charge in [-0.3, -0.25) is 10.3 Å². The predicted molar refractivity (Wildman–Crippen MR) is 114 cm³/mol. The molecule has 0 saturated carbocycles. The van der Waals surface area contributed by atoms with E-state index in [4.69, 9.17) is 21.2 Å². The molecule has 2 amide bonds. The quantitative estimate of drug-likeness (QED) is 0.642. The summed E-state index contributed by atoms with van der Waals surface area (Å²) in [5.41, 5.74) is 2.75. The number of hydrogen-bond acceptors (Lipinski definition) is 4. The van der Waals surface area contributed by atoms with Gasteiger partial charge in [-0.2, -0.15) is 13.2 Å². The molecule has 2 aromatic carbocycles. The fraction of sp³-hybridized carbons (Fsp3) is 0.318. The lowest BCUT2D eigenvalue weighted by Crippen LogP contribution is -2.48. The second kappa shape index (κ2) is 8.55. The van der Waals surface area contributed by atoms with Crippen LogP contribution in [0.3, 0.4) is 0 Å². The zero-order valence-corrected chi connectivity index (χ0v) is 17.9. The number of carbonyl (C=O) groups is 1. The van der Waals surface area contributed by atoms with E-state index in [2.05, 4.69) is 10.8 Å². The third-order valence-electron chi connectivity index (χ3n) is 5.58. The van der Waals surface area contributed by atoms with E-state index in [0.29, 0.717) is 25.9 Å². The van der Waals surface area contributed by atoms with E-state index < -0.39 is 23.4 Å². The maximum Gasteiger partial charge on any atom is 0.418 e. The molecule has 2 aromatic rings. The summed E-state index contributed by atoms with van der Waals surface area (Å²) >= 11 is 5.69. The van der Waals surface area contributed by atoms with E-state index in [1.54, 1.807) is 7.11 Å². The fourth-order valence-electron chi connectivity index (χ4n) is 3.80. The molecule has 0 unspecified atom stereocenters.